The van der Waals surface area contributed by atoms with Crippen molar-refractivity contribution in [3.63, 3.8) is 0 Å². The Labute approximate surface area is 69.7 Å². The van der Waals surface area contributed by atoms with Crippen LogP contribution in [0.1, 0.15) is 5.56 Å². The molecule has 0 saturated heterocycles. The van der Waals surface area contributed by atoms with Gasteiger partial charge in [-0.15, -0.1) is 0 Å². The van der Waals surface area contributed by atoms with E-state index in [0.29, 0.717) is 0 Å². The van der Waals surface area contributed by atoms with Crippen LogP contribution in [-0.4, -0.2) is 20.4 Å². The summed E-state index contributed by atoms with van der Waals surface area (Å²) in [6.07, 6.45) is 5.25. The van der Waals surface area contributed by atoms with Gasteiger partial charge in [-0.25, -0.2) is 0 Å². The second-order valence-corrected chi connectivity index (χ2v) is 2.61. The van der Waals surface area contributed by atoms with E-state index in [4.69, 9.17) is 0 Å². The van der Waals surface area contributed by atoms with Crippen LogP contribution >= 0.6 is 0 Å². The first kappa shape index (κ1) is 6.97. The molecule has 4 nitrogen and oxygen atoms in total. The molecule has 0 aliphatic heterocycles. The van der Waals surface area contributed by atoms with Crippen molar-refractivity contribution in [3.05, 3.63) is 30.2 Å². The van der Waals surface area contributed by atoms with E-state index in [2.05, 4.69) is 20.4 Å². The van der Waals surface area contributed by atoms with Crippen LogP contribution in [0.3, 0.4) is 0 Å². The van der Waals surface area contributed by atoms with E-state index >= 15 is 0 Å². The number of aromatic amines is 1. The zero-order valence-electron chi connectivity index (χ0n) is 6.65. The molecule has 0 amide bonds. The van der Waals surface area contributed by atoms with Gasteiger partial charge in [0.25, 0.3) is 0 Å². The molecule has 0 unspecified atom stereocenters. The van der Waals surface area contributed by atoms with Gasteiger partial charge in [-0.3, -0.25) is 5.10 Å². The molecule has 1 N–H and O–H groups in total. The van der Waals surface area contributed by atoms with Gasteiger partial charge in [0, 0.05) is 11.8 Å². The minimum atomic E-state index is 0.851. The Balaban J connectivity index is 2.48. The molecular weight excluding hydrogens is 152 g/mol. The van der Waals surface area contributed by atoms with Gasteiger partial charge in [0.15, 0.2) is 0 Å². The quantitative estimate of drug-likeness (QED) is 0.681. The van der Waals surface area contributed by atoms with E-state index in [-0.39, 0.29) is 0 Å². The highest BCUT2D eigenvalue weighted by Crippen LogP contribution is 2.13. The van der Waals surface area contributed by atoms with Crippen molar-refractivity contribution in [3.8, 4) is 11.3 Å². The average Bonchev–Trinajstić information content (AvgIpc) is 2.56. The van der Waals surface area contributed by atoms with Gasteiger partial charge < -0.3 is 0 Å². The summed E-state index contributed by atoms with van der Waals surface area (Å²) >= 11 is 0. The fourth-order valence-electron chi connectivity index (χ4n) is 0.996. The Hall–Kier alpha value is -1.71. The van der Waals surface area contributed by atoms with Crippen molar-refractivity contribution < 1.29 is 0 Å². The van der Waals surface area contributed by atoms with Crippen molar-refractivity contribution in [1.29, 1.82) is 0 Å². The number of nitrogens with one attached hydrogen (secondary N) is 1. The fraction of sp³-hybridized carbons (Fsp3) is 0.125. The lowest BCUT2D eigenvalue weighted by atomic mass is 10.2. The second kappa shape index (κ2) is 2.73. The molecule has 0 aromatic carbocycles. The first-order valence-electron chi connectivity index (χ1n) is 3.65. The fourth-order valence-corrected chi connectivity index (χ4v) is 0.996. The summed E-state index contributed by atoms with van der Waals surface area (Å²) in [5.41, 5.74) is 2.91. The number of aryl methyl sites for hydroxylation is 1. The molecule has 12 heavy (non-hydrogen) atoms. The molecule has 0 aliphatic rings. The number of nitrogens with zero attached hydrogens (tertiary/aromatic N) is 3. The molecule has 0 aliphatic carbocycles. The number of hydrogen-bond acceptors (Lipinski definition) is 3. The Kier molecular flexibility index (Phi) is 1.59. The lowest BCUT2D eigenvalue weighted by Crippen LogP contribution is -1.86. The third kappa shape index (κ3) is 1.18. The molecule has 0 atom stereocenters. The summed E-state index contributed by atoms with van der Waals surface area (Å²) in [6, 6.07) is 1.97. The van der Waals surface area contributed by atoms with Crippen LogP contribution in [0.4, 0.5) is 0 Å². The summed E-state index contributed by atoms with van der Waals surface area (Å²) in [6.45, 7) is 1.98. The molecule has 0 saturated carbocycles. The smallest absolute Gasteiger partial charge is 0.0963 e. The lowest BCUT2D eigenvalue weighted by Gasteiger charge is -1.94. The Bertz CT molecular complexity index is 366. The molecule has 2 aromatic rings. The Morgan fingerprint density at radius 1 is 1.33 bits per heavy atom. The van der Waals surface area contributed by atoms with Crippen molar-refractivity contribution in [2.24, 2.45) is 0 Å². The predicted octanol–water partition coefficient (Wildman–Crippen LogP) is 1.18. The van der Waals surface area contributed by atoms with Crippen LogP contribution in [0.25, 0.3) is 11.3 Å². The standard InChI is InChI=1S/C8H8N4/c1-6-2-8(12-11-3-6)7-4-9-10-5-7/h2-5H,1H3,(H,9,10). The molecule has 2 rings (SSSR count). The van der Waals surface area contributed by atoms with Gasteiger partial charge in [0.05, 0.1) is 18.1 Å². The molecule has 0 radical (unpaired) electrons. The molecule has 0 fully saturated rings. The topological polar surface area (TPSA) is 54.5 Å². The van der Waals surface area contributed by atoms with Gasteiger partial charge in [0.1, 0.15) is 0 Å². The zero-order valence-corrected chi connectivity index (χ0v) is 6.65. The first-order valence-corrected chi connectivity index (χ1v) is 3.65. The monoisotopic (exact) mass is 160 g/mol. The van der Waals surface area contributed by atoms with Crippen LogP contribution in [0.5, 0.6) is 0 Å². The van der Waals surface area contributed by atoms with Crippen LogP contribution < -0.4 is 0 Å². The van der Waals surface area contributed by atoms with Crippen molar-refractivity contribution in [1.82, 2.24) is 20.4 Å². The van der Waals surface area contributed by atoms with E-state index in [1.54, 1.807) is 18.6 Å². The van der Waals surface area contributed by atoms with Crippen molar-refractivity contribution >= 4 is 0 Å². The predicted molar refractivity (Wildman–Crippen MR) is 44.4 cm³/mol. The van der Waals surface area contributed by atoms with Crippen LogP contribution in [0, 0.1) is 6.92 Å². The van der Waals surface area contributed by atoms with Gasteiger partial charge in [-0.05, 0) is 18.6 Å². The number of aromatic nitrogens is 4. The van der Waals surface area contributed by atoms with Crippen LogP contribution in [0.15, 0.2) is 24.7 Å². The van der Waals surface area contributed by atoms with Crippen LogP contribution in [-0.2, 0) is 0 Å². The van der Waals surface area contributed by atoms with Gasteiger partial charge in [-0.2, -0.15) is 15.3 Å². The molecule has 60 valence electrons. The Morgan fingerprint density at radius 3 is 2.92 bits per heavy atom. The van der Waals surface area contributed by atoms with E-state index in [0.717, 1.165) is 16.8 Å². The maximum atomic E-state index is 3.97. The molecule has 2 heterocycles. The lowest BCUT2D eigenvalue weighted by molar-refractivity contribution is 1.02. The first-order chi connectivity index (χ1) is 5.86. The van der Waals surface area contributed by atoms with E-state index < -0.39 is 0 Å². The zero-order chi connectivity index (χ0) is 8.39. The summed E-state index contributed by atoms with van der Waals surface area (Å²) < 4.78 is 0. The highest BCUT2D eigenvalue weighted by molar-refractivity contribution is 5.56. The van der Waals surface area contributed by atoms with Gasteiger partial charge in [-0.1, -0.05) is 0 Å². The van der Waals surface area contributed by atoms with Crippen LogP contribution in [0.2, 0.25) is 0 Å². The highest BCUT2D eigenvalue weighted by Gasteiger charge is 1.99. The average molecular weight is 160 g/mol. The molecule has 0 spiro atoms. The number of hydrogen-bond donors (Lipinski definition) is 1. The third-order valence-electron chi connectivity index (χ3n) is 1.59. The van der Waals surface area contributed by atoms with E-state index in [9.17, 15) is 0 Å². The highest BCUT2D eigenvalue weighted by atomic mass is 15.1. The second-order valence-electron chi connectivity index (χ2n) is 2.61. The normalized spacial score (nSPS) is 10.1. The van der Waals surface area contributed by atoms with E-state index in [1.165, 1.54) is 0 Å². The largest absolute Gasteiger partial charge is 0.285 e. The number of rotatable bonds is 1. The van der Waals surface area contributed by atoms with Gasteiger partial charge >= 0.3 is 0 Å². The summed E-state index contributed by atoms with van der Waals surface area (Å²) in [5.74, 6) is 0. The van der Waals surface area contributed by atoms with Crippen molar-refractivity contribution in [2.45, 2.75) is 6.92 Å². The summed E-state index contributed by atoms with van der Waals surface area (Å²) in [7, 11) is 0. The molecular formula is C8H8N4. The maximum Gasteiger partial charge on any atom is 0.0963 e. The Morgan fingerprint density at radius 2 is 2.25 bits per heavy atom. The molecule has 0 bridgehead atoms. The molecule has 2 aromatic heterocycles. The van der Waals surface area contributed by atoms with Crippen molar-refractivity contribution in [2.75, 3.05) is 0 Å². The summed E-state index contributed by atoms with van der Waals surface area (Å²) in [5, 5.41) is 14.4. The maximum absolute atomic E-state index is 3.97. The van der Waals surface area contributed by atoms with Gasteiger partial charge in [0.2, 0.25) is 0 Å². The number of H-pyrrole nitrogens is 1. The van der Waals surface area contributed by atoms with E-state index in [1.807, 2.05) is 13.0 Å². The third-order valence-corrected chi connectivity index (χ3v) is 1.59. The summed E-state index contributed by atoms with van der Waals surface area (Å²) in [4.78, 5) is 0. The minimum Gasteiger partial charge on any atom is -0.285 e. The minimum absolute atomic E-state index is 0.851. The SMILES string of the molecule is Cc1cnnc(-c2cn[nH]c2)c1. The molecule has 4 heteroatoms.